The van der Waals surface area contributed by atoms with Gasteiger partial charge >= 0.3 is 0 Å². The highest BCUT2D eigenvalue weighted by atomic mass is 16.6. The van der Waals surface area contributed by atoms with E-state index in [4.69, 9.17) is 5.26 Å². The van der Waals surface area contributed by atoms with Gasteiger partial charge in [0.2, 0.25) is 0 Å². The van der Waals surface area contributed by atoms with Gasteiger partial charge in [-0.25, -0.2) is 0 Å². The lowest BCUT2D eigenvalue weighted by Gasteiger charge is -2.31. The van der Waals surface area contributed by atoms with Crippen LogP contribution in [0.2, 0.25) is 0 Å². The molecule has 1 aliphatic rings. The van der Waals surface area contributed by atoms with Gasteiger partial charge in [-0.1, -0.05) is 6.42 Å². The number of nitrogens with zero attached hydrogens (tertiary/aromatic N) is 3. The van der Waals surface area contributed by atoms with E-state index in [1.54, 1.807) is 12.1 Å². The number of anilines is 1. The van der Waals surface area contributed by atoms with Crippen LogP contribution in [0.25, 0.3) is 0 Å². The second-order valence-electron chi connectivity index (χ2n) is 4.75. The number of hydrogen-bond acceptors (Lipinski definition) is 4. The lowest BCUT2D eigenvalue weighted by atomic mass is 9.85. The summed E-state index contributed by atoms with van der Waals surface area (Å²) in [5, 5.41) is 19.7. The van der Waals surface area contributed by atoms with E-state index in [0.29, 0.717) is 0 Å². The molecular formula is C13H15N3O2. The number of rotatable bonds is 4. The molecule has 0 bridgehead atoms. The number of benzene rings is 1. The third-order valence-corrected chi connectivity index (χ3v) is 3.49. The Labute approximate surface area is 106 Å². The Hall–Kier alpha value is -2.09. The molecule has 5 nitrogen and oxygen atoms in total. The van der Waals surface area contributed by atoms with Crippen molar-refractivity contribution in [1.29, 1.82) is 5.26 Å². The van der Waals surface area contributed by atoms with Crippen molar-refractivity contribution in [2.45, 2.75) is 19.3 Å². The van der Waals surface area contributed by atoms with E-state index in [1.807, 2.05) is 13.1 Å². The minimum atomic E-state index is -0.520. The van der Waals surface area contributed by atoms with Crippen LogP contribution in [-0.4, -0.2) is 18.5 Å². The average molecular weight is 245 g/mol. The summed E-state index contributed by atoms with van der Waals surface area (Å²) >= 11 is 0. The maximum absolute atomic E-state index is 10.7. The number of nitro groups is 1. The highest BCUT2D eigenvalue weighted by molar-refractivity contribution is 5.59. The normalized spacial score (nSPS) is 14.7. The van der Waals surface area contributed by atoms with Crippen molar-refractivity contribution in [2.75, 3.05) is 18.5 Å². The van der Waals surface area contributed by atoms with Gasteiger partial charge in [-0.3, -0.25) is 10.1 Å². The second-order valence-corrected chi connectivity index (χ2v) is 4.75. The predicted octanol–water partition coefficient (Wildman–Crippen LogP) is 2.70. The van der Waals surface area contributed by atoms with E-state index in [1.165, 1.54) is 25.3 Å². The highest BCUT2D eigenvalue weighted by Crippen LogP contribution is 2.29. The van der Waals surface area contributed by atoms with Crippen molar-refractivity contribution in [2.24, 2.45) is 5.92 Å². The van der Waals surface area contributed by atoms with E-state index >= 15 is 0 Å². The molecule has 0 amide bonds. The zero-order chi connectivity index (χ0) is 13.1. The summed E-state index contributed by atoms with van der Waals surface area (Å²) < 4.78 is 0. The maximum atomic E-state index is 10.7. The third kappa shape index (κ3) is 2.43. The summed E-state index contributed by atoms with van der Waals surface area (Å²) in [7, 11) is 1.96. The first-order valence-electron chi connectivity index (χ1n) is 6.01. The first kappa shape index (κ1) is 12.4. The Balaban J connectivity index is 2.18. The summed E-state index contributed by atoms with van der Waals surface area (Å²) in [5.41, 5.74) is 0.861. The molecule has 0 aliphatic heterocycles. The lowest BCUT2D eigenvalue weighted by molar-refractivity contribution is -0.385. The van der Waals surface area contributed by atoms with Crippen molar-refractivity contribution in [3.63, 3.8) is 0 Å². The van der Waals surface area contributed by atoms with E-state index in [9.17, 15) is 10.1 Å². The van der Waals surface area contributed by atoms with Gasteiger partial charge in [0.25, 0.3) is 5.69 Å². The summed E-state index contributed by atoms with van der Waals surface area (Å²) in [5.74, 6) is 0.718. The number of hydrogen-bond donors (Lipinski definition) is 0. The van der Waals surface area contributed by atoms with E-state index in [-0.39, 0.29) is 11.3 Å². The molecular weight excluding hydrogens is 230 g/mol. The highest BCUT2D eigenvalue weighted by Gasteiger charge is 2.20. The fraction of sp³-hybridized carbons (Fsp3) is 0.462. The molecule has 0 radical (unpaired) electrons. The quantitative estimate of drug-likeness (QED) is 0.604. The molecule has 0 atom stereocenters. The second kappa shape index (κ2) is 5.05. The molecule has 1 saturated carbocycles. The zero-order valence-electron chi connectivity index (χ0n) is 10.3. The first-order chi connectivity index (χ1) is 8.61. The molecule has 1 fully saturated rings. The van der Waals surface area contributed by atoms with E-state index in [2.05, 4.69) is 4.90 Å². The van der Waals surface area contributed by atoms with Gasteiger partial charge in [0.05, 0.1) is 4.92 Å². The molecule has 0 aromatic heterocycles. The Morgan fingerprint density at radius 2 is 2.28 bits per heavy atom. The Bertz CT molecular complexity index is 503. The minimum Gasteiger partial charge on any atom is -0.374 e. The molecule has 1 aromatic rings. The minimum absolute atomic E-state index is 0.123. The Morgan fingerprint density at radius 1 is 1.56 bits per heavy atom. The molecule has 0 saturated heterocycles. The SMILES string of the molecule is CN(CC1CCC1)c1ccc([N+](=O)[O-])c(C#N)c1. The summed E-state index contributed by atoms with van der Waals surface area (Å²) in [6.07, 6.45) is 3.80. The molecule has 94 valence electrons. The van der Waals surface area contributed by atoms with Gasteiger partial charge in [-0.2, -0.15) is 5.26 Å². The summed E-state index contributed by atoms with van der Waals surface area (Å²) in [6, 6.07) is 6.59. The third-order valence-electron chi connectivity index (χ3n) is 3.49. The first-order valence-corrected chi connectivity index (χ1v) is 6.01. The monoisotopic (exact) mass is 245 g/mol. The van der Waals surface area contributed by atoms with Crippen LogP contribution >= 0.6 is 0 Å². The van der Waals surface area contributed by atoms with Crippen LogP contribution < -0.4 is 4.90 Å². The molecule has 0 unspecified atom stereocenters. The standard InChI is InChI=1S/C13H15N3O2/c1-15(9-10-3-2-4-10)12-5-6-13(16(17)18)11(7-12)8-14/h5-7,10H,2-4,9H2,1H3. The van der Waals surface area contributed by atoms with Crippen molar-refractivity contribution >= 4 is 11.4 Å². The van der Waals surface area contributed by atoms with Crippen LogP contribution in [0.3, 0.4) is 0 Å². The molecule has 0 N–H and O–H groups in total. The van der Waals surface area contributed by atoms with Crippen molar-refractivity contribution < 1.29 is 4.92 Å². The molecule has 5 heteroatoms. The van der Waals surface area contributed by atoms with Gasteiger partial charge in [-0.05, 0) is 30.9 Å². The van der Waals surface area contributed by atoms with Crippen molar-refractivity contribution in [3.8, 4) is 6.07 Å². The fourth-order valence-corrected chi connectivity index (χ4v) is 2.18. The van der Waals surface area contributed by atoms with Crippen LogP contribution in [0, 0.1) is 27.4 Å². The summed E-state index contributed by atoms with van der Waals surface area (Å²) in [4.78, 5) is 12.3. The fourth-order valence-electron chi connectivity index (χ4n) is 2.18. The van der Waals surface area contributed by atoms with Gasteiger partial charge in [0.15, 0.2) is 0 Å². The van der Waals surface area contributed by atoms with Gasteiger partial charge < -0.3 is 4.90 Å². The smallest absolute Gasteiger partial charge is 0.287 e. The lowest BCUT2D eigenvalue weighted by Crippen LogP contribution is -2.29. The van der Waals surface area contributed by atoms with E-state index < -0.39 is 4.92 Å². The van der Waals surface area contributed by atoms with E-state index in [0.717, 1.165) is 18.2 Å². The Morgan fingerprint density at radius 3 is 2.78 bits per heavy atom. The summed E-state index contributed by atoms with van der Waals surface area (Å²) in [6.45, 7) is 0.947. The molecule has 2 rings (SSSR count). The largest absolute Gasteiger partial charge is 0.374 e. The van der Waals surface area contributed by atoms with Crippen LogP contribution in [0.5, 0.6) is 0 Å². The average Bonchev–Trinajstić information content (AvgIpc) is 2.32. The van der Waals surface area contributed by atoms with Crippen LogP contribution in [0.4, 0.5) is 11.4 Å². The predicted molar refractivity (Wildman–Crippen MR) is 68.4 cm³/mol. The van der Waals surface area contributed by atoms with Crippen molar-refractivity contribution in [1.82, 2.24) is 0 Å². The number of nitriles is 1. The Kier molecular flexibility index (Phi) is 3.47. The molecule has 18 heavy (non-hydrogen) atoms. The number of nitro benzene ring substituents is 1. The molecule has 0 spiro atoms. The van der Waals surface area contributed by atoms with Gasteiger partial charge in [0, 0.05) is 25.3 Å². The topological polar surface area (TPSA) is 70.2 Å². The van der Waals surface area contributed by atoms with Crippen LogP contribution in [0.1, 0.15) is 24.8 Å². The van der Waals surface area contributed by atoms with Gasteiger partial charge in [0.1, 0.15) is 11.6 Å². The van der Waals surface area contributed by atoms with Crippen LogP contribution in [0.15, 0.2) is 18.2 Å². The molecule has 1 aromatic carbocycles. The van der Waals surface area contributed by atoms with Crippen LogP contribution in [-0.2, 0) is 0 Å². The van der Waals surface area contributed by atoms with Gasteiger partial charge in [-0.15, -0.1) is 0 Å². The van der Waals surface area contributed by atoms with Crippen molar-refractivity contribution in [3.05, 3.63) is 33.9 Å². The molecule has 1 aliphatic carbocycles. The zero-order valence-corrected chi connectivity index (χ0v) is 10.3. The maximum Gasteiger partial charge on any atom is 0.287 e. The molecule has 0 heterocycles.